The fourth-order valence-corrected chi connectivity index (χ4v) is 1.37. The second-order valence-electron chi connectivity index (χ2n) is 1.72. The Morgan fingerprint density at radius 2 is 1.89 bits per heavy atom. The normalized spacial score (nSPS) is 13.8. The SMILES string of the molecule is NC(N)(S)CS(=O)(=O)O. The van der Waals surface area contributed by atoms with Crippen LogP contribution in [0, 0.1) is 0 Å². The summed E-state index contributed by atoms with van der Waals surface area (Å²) in [7, 11) is -4.11. The molecule has 7 heteroatoms. The first-order chi connectivity index (χ1) is 3.71. The minimum absolute atomic E-state index is 0.761. The van der Waals surface area contributed by atoms with E-state index < -0.39 is 20.9 Å². The van der Waals surface area contributed by atoms with Crippen LogP contribution in [-0.4, -0.2) is 23.7 Å². The number of nitrogens with two attached hydrogens (primary N) is 2. The molecule has 0 saturated carbocycles. The van der Waals surface area contributed by atoms with Crippen molar-refractivity contribution in [1.82, 2.24) is 0 Å². The molecule has 0 unspecified atom stereocenters. The lowest BCUT2D eigenvalue weighted by Gasteiger charge is -2.13. The monoisotopic (exact) mass is 172 g/mol. The molecule has 0 bridgehead atoms. The van der Waals surface area contributed by atoms with Crippen LogP contribution < -0.4 is 11.5 Å². The third-order valence-corrected chi connectivity index (χ3v) is 1.63. The van der Waals surface area contributed by atoms with E-state index in [-0.39, 0.29) is 0 Å². The summed E-state index contributed by atoms with van der Waals surface area (Å²) in [6.07, 6.45) is 0. The molecule has 9 heavy (non-hydrogen) atoms. The van der Waals surface area contributed by atoms with Gasteiger partial charge in [0.2, 0.25) is 0 Å². The maximum absolute atomic E-state index is 9.99. The summed E-state index contributed by atoms with van der Waals surface area (Å²) in [4.78, 5) is -1.66. The quantitative estimate of drug-likeness (QED) is 0.227. The number of thiol groups is 1. The molecule has 0 aliphatic carbocycles. The Morgan fingerprint density at radius 3 is 1.89 bits per heavy atom. The van der Waals surface area contributed by atoms with Crippen LogP contribution in [0.4, 0.5) is 0 Å². The maximum atomic E-state index is 9.99. The first kappa shape index (κ1) is 9.18. The van der Waals surface area contributed by atoms with Gasteiger partial charge in [-0.1, -0.05) is 0 Å². The largest absolute Gasteiger partial charge is 0.304 e. The van der Waals surface area contributed by atoms with Gasteiger partial charge in [0.1, 0.15) is 10.7 Å². The molecule has 0 aliphatic rings. The van der Waals surface area contributed by atoms with Crippen LogP contribution in [0.1, 0.15) is 0 Å². The maximum Gasteiger partial charge on any atom is 0.268 e. The zero-order chi connectivity index (χ0) is 7.71. The average molecular weight is 172 g/mol. The van der Waals surface area contributed by atoms with Gasteiger partial charge < -0.3 is 11.5 Å². The smallest absolute Gasteiger partial charge is 0.268 e. The van der Waals surface area contributed by atoms with Crippen LogP contribution in [0.2, 0.25) is 0 Å². The van der Waals surface area contributed by atoms with Crippen molar-refractivity contribution in [3.63, 3.8) is 0 Å². The molecule has 56 valence electrons. The predicted molar refractivity (Wildman–Crippen MR) is 36.5 cm³/mol. The fourth-order valence-electron chi connectivity index (χ4n) is 0.292. The van der Waals surface area contributed by atoms with Gasteiger partial charge >= 0.3 is 0 Å². The molecular formula is C2H8N2O3S2. The Morgan fingerprint density at radius 1 is 1.56 bits per heavy atom. The molecule has 0 aromatic carbocycles. The average Bonchev–Trinajstić information content (AvgIpc) is 1.14. The van der Waals surface area contributed by atoms with Gasteiger partial charge in [0, 0.05) is 0 Å². The Balaban J connectivity index is 4.07. The van der Waals surface area contributed by atoms with Gasteiger partial charge in [-0.2, -0.15) is 8.42 Å². The zero-order valence-electron chi connectivity index (χ0n) is 4.48. The van der Waals surface area contributed by atoms with Gasteiger partial charge in [-0.05, 0) is 0 Å². The molecule has 0 saturated heterocycles. The van der Waals surface area contributed by atoms with Crippen molar-refractivity contribution in [2.24, 2.45) is 11.5 Å². The highest BCUT2D eigenvalue weighted by atomic mass is 32.2. The second-order valence-corrected chi connectivity index (χ2v) is 4.00. The van der Waals surface area contributed by atoms with Gasteiger partial charge in [0.05, 0.1) is 0 Å². The van der Waals surface area contributed by atoms with Crippen molar-refractivity contribution in [2.45, 2.75) is 4.99 Å². The Kier molecular flexibility index (Phi) is 2.48. The van der Waals surface area contributed by atoms with E-state index in [2.05, 4.69) is 12.6 Å². The predicted octanol–water partition coefficient (Wildman–Crippen LogP) is -1.62. The highest BCUT2D eigenvalue weighted by Crippen LogP contribution is 1.99. The molecule has 0 fully saturated rings. The standard InChI is InChI=1S/C2H8N2O3S2/c3-2(4,8)1-9(5,6)7/h8H,1,3-4H2,(H,5,6,7). The molecule has 0 aromatic rings. The number of hydrogen-bond donors (Lipinski definition) is 4. The third-order valence-electron chi connectivity index (χ3n) is 0.414. The highest BCUT2D eigenvalue weighted by Gasteiger charge is 2.20. The molecule has 5 N–H and O–H groups in total. The molecular weight excluding hydrogens is 164 g/mol. The van der Waals surface area contributed by atoms with Crippen LogP contribution in [0.5, 0.6) is 0 Å². The fraction of sp³-hybridized carbons (Fsp3) is 1.00. The summed E-state index contributed by atoms with van der Waals surface area (Å²) in [6, 6.07) is 0. The molecule has 0 atom stereocenters. The van der Waals surface area contributed by atoms with Gasteiger partial charge in [-0.15, -0.1) is 12.6 Å². The third kappa shape index (κ3) is 8.18. The molecule has 0 amide bonds. The Bertz CT molecular complexity index is 178. The van der Waals surface area contributed by atoms with E-state index in [9.17, 15) is 8.42 Å². The van der Waals surface area contributed by atoms with E-state index in [1.165, 1.54) is 0 Å². The second kappa shape index (κ2) is 2.43. The van der Waals surface area contributed by atoms with Crippen molar-refractivity contribution in [3.8, 4) is 0 Å². The van der Waals surface area contributed by atoms with Gasteiger partial charge in [0.25, 0.3) is 10.1 Å². The first-order valence-electron chi connectivity index (χ1n) is 1.96. The van der Waals surface area contributed by atoms with Crippen LogP contribution in [0.3, 0.4) is 0 Å². The van der Waals surface area contributed by atoms with Crippen molar-refractivity contribution in [3.05, 3.63) is 0 Å². The van der Waals surface area contributed by atoms with Gasteiger partial charge in [0.15, 0.2) is 0 Å². The zero-order valence-corrected chi connectivity index (χ0v) is 6.19. The molecule has 0 aromatic heterocycles. The summed E-state index contributed by atoms with van der Waals surface area (Å²) >= 11 is 3.46. The summed E-state index contributed by atoms with van der Waals surface area (Å²) in [5.74, 6) is -0.761. The van der Waals surface area contributed by atoms with E-state index >= 15 is 0 Å². The molecule has 0 heterocycles. The number of hydrogen-bond acceptors (Lipinski definition) is 5. The molecule has 5 nitrogen and oxygen atoms in total. The summed E-state index contributed by atoms with van der Waals surface area (Å²) < 4.78 is 28.1. The van der Waals surface area contributed by atoms with Crippen LogP contribution in [0.25, 0.3) is 0 Å². The van der Waals surface area contributed by atoms with Crippen LogP contribution in [-0.2, 0) is 10.1 Å². The molecule has 0 spiro atoms. The summed E-state index contributed by atoms with van der Waals surface area (Å²) in [5.41, 5.74) is 9.85. The van der Waals surface area contributed by atoms with Crippen molar-refractivity contribution in [1.29, 1.82) is 0 Å². The van der Waals surface area contributed by atoms with E-state index in [1.54, 1.807) is 0 Å². The van der Waals surface area contributed by atoms with Crippen molar-refractivity contribution in [2.75, 3.05) is 5.75 Å². The summed E-state index contributed by atoms with van der Waals surface area (Å²) in [5, 5.41) is 0. The van der Waals surface area contributed by atoms with Gasteiger partial charge in [-0.25, -0.2) is 0 Å². The minimum Gasteiger partial charge on any atom is -0.304 e. The lowest BCUT2D eigenvalue weighted by Crippen LogP contribution is -2.49. The van der Waals surface area contributed by atoms with Crippen LogP contribution in [0.15, 0.2) is 0 Å². The van der Waals surface area contributed by atoms with Crippen LogP contribution >= 0.6 is 12.6 Å². The highest BCUT2D eigenvalue weighted by molar-refractivity contribution is 7.88. The summed E-state index contributed by atoms with van der Waals surface area (Å²) in [6.45, 7) is 0. The van der Waals surface area contributed by atoms with Crippen molar-refractivity contribution >= 4 is 22.7 Å². The van der Waals surface area contributed by atoms with E-state index in [0.29, 0.717) is 0 Å². The minimum atomic E-state index is -4.11. The van der Waals surface area contributed by atoms with Gasteiger partial charge in [-0.3, -0.25) is 4.55 Å². The van der Waals surface area contributed by atoms with E-state index in [4.69, 9.17) is 16.0 Å². The topological polar surface area (TPSA) is 106 Å². The van der Waals surface area contributed by atoms with Crippen molar-refractivity contribution < 1.29 is 13.0 Å². The Labute approximate surface area is 58.6 Å². The van der Waals surface area contributed by atoms with E-state index in [0.717, 1.165) is 0 Å². The number of rotatable bonds is 2. The Hall–Kier alpha value is 0.180. The first-order valence-corrected chi connectivity index (χ1v) is 4.02. The lowest BCUT2D eigenvalue weighted by molar-refractivity contribution is 0.474. The van der Waals surface area contributed by atoms with E-state index in [1.807, 2.05) is 0 Å². The molecule has 0 radical (unpaired) electrons. The lowest BCUT2D eigenvalue weighted by atomic mass is 10.6. The molecule has 0 aliphatic heterocycles. The molecule has 0 rings (SSSR count).